The summed E-state index contributed by atoms with van der Waals surface area (Å²) >= 11 is 0. The number of carbonyl (C=O) groups excluding carboxylic acids is 1. The smallest absolute Gasteiger partial charge is 0.224 e. The van der Waals surface area contributed by atoms with Crippen LogP contribution in [0.1, 0.15) is 26.7 Å². The van der Waals surface area contributed by atoms with Crippen LogP contribution in [0.5, 0.6) is 0 Å². The predicted octanol–water partition coefficient (Wildman–Crippen LogP) is 0.499. The van der Waals surface area contributed by atoms with Crippen molar-refractivity contribution < 1.29 is 4.79 Å². The highest BCUT2D eigenvalue weighted by Gasteiger charge is 2.14. The minimum Gasteiger partial charge on any atom is -0.352 e. The number of rotatable bonds is 5. The van der Waals surface area contributed by atoms with E-state index in [2.05, 4.69) is 11.2 Å². The zero-order valence-electron chi connectivity index (χ0n) is 8.34. The molecule has 0 aliphatic carbocycles. The fraction of sp³-hybridized carbons (Fsp3) is 0.700. The fourth-order valence-electron chi connectivity index (χ4n) is 0.890. The molecule has 74 valence electrons. The van der Waals surface area contributed by atoms with Crippen LogP contribution in [0.2, 0.25) is 0 Å². The Kier molecular flexibility index (Phi) is 5.99. The standard InChI is InChI=1S/C10H18N2O/c1-4-6-9(5-2)12-10(13)8(3)7-11/h1,8-9H,5-7,11H2,2-3H3,(H,12,13). The van der Waals surface area contributed by atoms with Gasteiger partial charge in [-0.05, 0) is 6.42 Å². The number of nitrogens with two attached hydrogens (primary N) is 1. The van der Waals surface area contributed by atoms with E-state index in [0.717, 1.165) is 6.42 Å². The second-order valence-corrected chi connectivity index (χ2v) is 3.16. The van der Waals surface area contributed by atoms with Gasteiger partial charge in [0.25, 0.3) is 0 Å². The second-order valence-electron chi connectivity index (χ2n) is 3.16. The molecule has 1 amide bonds. The van der Waals surface area contributed by atoms with E-state index < -0.39 is 0 Å². The molecule has 0 heterocycles. The topological polar surface area (TPSA) is 55.1 Å². The molecule has 0 aromatic heterocycles. The summed E-state index contributed by atoms with van der Waals surface area (Å²) in [7, 11) is 0. The summed E-state index contributed by atoms with van der Waals surface area (Å²) in [5.41, 5.74) is 5.36. The van der Waals surface area contributed by atoms with Gasteiger partial charge in [0.15, 0.2) is 0 Å². The maximum absolute atomic E-state index is 11.4. The lowest BCUT2D eigenvalue weighted by Crippen LogP contribution is -2.39. The molecule has 0 saturated heterocycles. The van der Waals surface area contributed by atoms with E-state index in [1.165, 1.54) is 0 Å². The molecule has 0 aromatic rings. The van der Waals surface area contributed by atoms with Crippen molar-refractivity contribution in [1.82, 2.24) is 5.32 Å². The van der Waals surface area contributed by atoms with Crippen molar-refractivity contribution in [2.24, 2.45) is 11.7 Å². The molecule has 0 aliphatic rings. The molecule has 0 fully saturated rings. The van der Waals surface area contributed by atoms with Gasteiger partial charge in [-0.3, -0.25) is 4.79 Å². The lowest BCUT2D eigenvalue weighted by atomic mass is 10.1. The minimum atomic E-state index is -0.133. The first-order valence-electron chi connectivity index (χ1n) is 4.59. The van der Waals surface area contributed by atoms with Crippen LogP contribution < -0.4 is 11.1 Å². The van der Waals surface area contributed by atoms with Gasteiger partial charge in [-0.25, -0.2) is 0 Å². The van der Waals surface area contributed by atoms with Crippen LogP contribution in [0.15, 0.2) is 0 Å². The van der Waals surface area contributed by atoms with E-state index in [9.17, 15) is 4.79 Å². The van der Waals surface area contributed by atoms with E-state index in [1.54, 1.807) is 6.92 Å². The zero-order valence-corrected chi connectivity index (χ0v) is 8.34. The Labute approximate surface area is 80.1 Å². The molecule has 0 bridgehead atoms. The van der Waals surface area contributed by atoms with Crippen LogP contribution in [-0.4, -0.2) is 18.5 Å². The highest BCUT2D eigenvalue weighted by Crippen LogP contribution is 1.99. The summed E-state index contributed by atoms with van der Waals surface area (Å²) in [4.78, 5) is 11.4. The zero-order chi connectivity index (χ0) is 10.3. The molecule has 0 rings (SSSR count). The molecule has 0 aromatic carbocycles. The normalized spacial score (nSPS) is 14.3. The molecule has 0 spiro atoms. The molecule has 0 radical (unpaired) electrons. The molecule has 3 nitrogen and oxygen atoms in total. The Morgan fingerprint density at radius 1 is 1.69 bits per heavy atom. The van der Waals surface area contributed by atoms with Crippen molar-refractivity contribution in [3.63, 3.8) is 0 Å². The van der Waals surface area contributed by atoms with E-state index in [-0.39, 0.29) is 17.9 Å². The lowest BCUT2D eigenvalue weighted by molar-refractivity contribution is -0.124. The number of terminal acetylenes is 1. The average molecular weight is 182 g/mol. The third-order valence-electron chi connectivity index (χ3n) is 2.00. The summed E-state index contributed by atoms with van der Waals surface area (Å²) in [5, 5.41) is 2.86. The van der Waals surface area contributed by atoms with Gasteiger partial charge >= 0.3 is 0 Å². The lowest BCUT2D eigenvalue weighted by Gasteiger charge is -2.16. The van der Waals surface area contributed by atoms with Crippen LogP contribution in [0.3, 0.4) is 0 Å². The van der Waals surface area contributed by atoms with E-state index in [0.29, 0.717) is 13.0 Å². The van der Waals surface area contributed by atoms with Gasteiger partial charge in [0.05, 0.1) is 0 Å². The van der Waals surface area contributed by atoms with Gasteiger partial charge < -0.3 is 11.1 Å². The first-order chi connectivity index (χ1) is 6.15. The quantitative estimate of drug-likeness (QED) is 0.608. The van der Waals surface area contributed by atoms with Crippen molar-refractivity contribution in [3.8, 4) is 12.3 Å². The van der Waals surface area contributed by atoms with Crippen LogP contribution in [0.4, 0.5) is 0 Å². The van der Waals surface area contributed by atoms with Crippen molar-refractivity contribution >= 4 is 5.91 Å². The molecular formula is C10H18N2O. The van der Waals surface area contributed by atoms with Gasteiger partial charge in [-0.2, -0.15) is 0 Å². The van der Waals surface area contributed by atoms with Crippen molar-refractivity contribution in [2.75, 3.05) is 6.54 Å². The molecular weight excluding hydrogens is 164 g/mol. The monoisotopic (exact) mass is 182 g/mol. The van der Waals surface area contributed by atoms with Crippen molar-refractivity contribution in [2.45, 2.75) is 32.7 Å². The summed E-state index contributed by atoms with van der Waals surface area (Å²) in [6.07, 6.45) is 6.60. The van der Waals surface area contributed by atoms with Gasteiger partial charge in [-0.15, -0.1) is 12.3 Å². The third-order valence-corrected chi connectivity index (χ3v) is 2.00. The number of hydrogen-bond acceptors (Lipinski definition) is 2. The summed E-state index contributed by atoms with van der Waals surface area (Å²) in [6, 6.07) is 0.0894. The van der Waals surface area contributed by atoms with Crippen LogP contribution in [0, 0.1) is 18.3 Å². The third kappa shape index (κ3) is 4.54. The second kappa shape index (κ2) is 6.50. The average Bonchev–Trinajstić information content (AvgIpc) is 2.15. The van der Waals surface area contributed by atoms with Gasteiger partial charge in [0.2, 0.25) is 5.91 Å². The van der Waals surface area contributed by atoms with Gasteiger partial charge in [0, 0.05) is 24.9 Å². The molecule has 3 N–H and O–H groups in total. The Balaban J connectivity index is 3.94. The number of hydrogen-bond donors (Lipinski definition) is 2. The highest BCUT2D eigenvalue weighted by molar-refractivity contribution is 5.78. The van der Waals surface area contributed by atoms with Crippen LogP contribution in [0.25, 0.3) is 0 Å². The molecule has 13 heavy (non-hydrogen) atoms. The Morgan fingerprint density at radius 3 is 2.69 bits per heavy atom. The van der Waals surface area contributed by atoms with Crippen LogP contribution >= 0.6 is 0 Å². The maximum Gasteiger partial charge on any atom is 0.224 e. The largest absolute Gasteiger partial charge is 0.352 e. The highest BCUT2D eigenvalue weighted by atomic mass is 16.1. The number of nitrogens with one attached hydrogen (secondary N) is 1. The summed E-state index contributed by atoms with van der Waals surface area (Å²) < 4.78 is 0. The van der Waals surface area contributed by atoms with Crippen molar-refractivity contribution in [1.29, 1.82) is 0 Å². The van der Waals surface area contributed by atoms with E-state index in [4.69, 9.17) is 12.2 Å². The SMILES string of the molecule is C#CCC(CC)NC(=O)C(C)CN. The summed E-state index contributed by atoms with van der Waals surface area (Å²) in [5.74, 6) is 2.39. The maximum atomic E-state index is 11.4. The molecule has 0 aliphatic heterocycles. The fourth-order valence-corrected chi connectivity index (χ4v) is 0.890. The van der Waals surface area contributed by atoms with E-state index in [1.807, 2.05) is 6.92 Å². The molecule has 2 unspecified atom stereocenters. The Hall–Kier alpha value is -1.01. The van der Waals surface area contributed by atoms with Gasteiger partial charge in [-0.1, -0.05) is 13.8 Å². The first kappa shape index (κ1) is 12.0. The van der Waals surface area contributed by atoms with E-state index >= 15 is 0 Å². The molecule has 2 atom stereocenters. The Bertz CT molecular complexity index is 196. The number of amides is 1. The van der Waals surface area contributed by atoms with Gasteiger partial charge in [0.1, 0.15) is 0 Å². The molecule has 3 heteroatoms. The first-order valence-corrected chi connectivity index (χ1v) is 4.59. The molecule has 0 saturated carbocycles. The van der Waals surface area contributed by atoms with Crippen LogP contribution in [-0.2, 0) is 4.79 Å². The van der Waals surface area contributed by atoms with Crippen molar-refractivity contribution in [3.05, 3.63) is 0 Å². The Morgan fingerprint density at radius 2 is 2.31 bits per heavy atom. The number of carbonyl (C=O) groups is 1. The minimum absolute atomic E-state index is 0.00963. The predicted molar refractivity (Wildman–Crippen MR) is 53.9 cm³/mol. The summed E-state index contributed by atoms with van der Waals surface area (Å²) in [6.45, 7) is 4.17.